The Morgan fingerprint density at radius 2 is 2.14 bits per heavy atom. The van der Waals surface area contributed by atoms with Gasteiger partial charge in [-0.2, -0.15) is 0 Å². The van der Waals surface area contributed by atoms with Crippen LogP contribution < -0.4 is 20.7 Å². The number of anilines is 2. The molecule has 22 heavy (non-hydrogen) atoms. The second kappa shape index (κ2) is 6.87. The fraction of sp³-hybridized carbons (Fsp3) is 0.562. The molecule has 1 aliphatic rings. The average Bonchev–Trinajstić information content (AvgIpc) is 2.89. The van der Waals surface area contributed by atoms with Gasteiger partial charge in [0.05, 0.1) is 12.8 Å². The molecule has 1 aromatic carbocycles. The van der Waals surface area contributed by atoms with E-state index in [9.17, 15) is 4.79 Å². The molecule has 1 unspecified atom stereocenters. The molecule has 1 atom stereocenters. The van der Waals surface area contributed by atoms with Crippen LogP contribution in [0.2, 0.25) is 0 Å². The van der Waals surface area contributed by atoms with Gasteiger partial charge in [0, 0.05) is 18.3 Å². The van der Waals surface area contributed by atoms with Crippen LogP contribution in [0.1, 0.15) is 27.2 Å². The van der Waals surface area contributed by atoms with Crippen LogP contribution >= 0.6 is 0 Å². The Morgan fingerprint density at radius 1 is 1.36 bits per heavy atom. The van der Waals surface area contributed by atoms with Gasteiger partial charge in [0.15, 0.2) is 0 Å². The molecule has 6 nitrogen and oxygen atoms in total. The molecule has 122 valence electrons. The van der Waals surface area contributed by atoms with Crippen LogP contribution in [-0.4, -0.2) is 37.9 Å². The van der Waals surface area contributed by atoms with Crippen LogP contribution in [0.25, 0.3) is 0 Å². The molecule has 1 heterocycles. The smallest absolute Gasteiger partial charge is 0.412 e. The lowest BCUT2D eigenvalue weighted by molar-refractivity contribution is 0.0635. The summed E-state index contributed by atoms with van der Waals surface area (Å²) >= 11 is 0. The van der Waals surface area contributed by atoms with Crippen molar-refractivity contribution >= 4 is 17.5 Å². The number of ether oxygens (including phenoxy) is 2. The number of amides is 1. The summed E-state index contributed by atoms with van der Waals surface area (Å²) in [5, 5.41) is 9.50. The van der Waals surface area contributed by atoms with E-state index in [1.54, 1.807) is 7.11 Å². The quantitative estimate of drug-likeness (QED) is 0.798. The monoisotopic (exact) mass is 307 g/mol. The summed E-state index contributed by atoms with van der Waals surface area (Å²) in [6.07, 6.45) is 0.589. The van der Waals surface area contributed by atoms with Crippen molar-refractivity contribution in [2.45, 2.75) is 38.8 Å². The maximum absolute atomic E-state index is 11.9. The maximum Gasteiger partial charge on any atom is 0.412 e. The highest BCUT2D eigenvalue weighted by atomic mass is 16.6. The molecule has 1 amide bonds. The van der Waals surface area contributed by atoms with E-state index in [0.29, 0.717) is 17.5 Å². The zero-order chi connectivity index (χ0) is 16.2. The van der Waals surface area contributed by atoms with E-state index >= 15 is 0 Å². The first-order valence-electron chi connectivity index (χ1n) is 7.53. The van der Waals surface area contributed by atoms with Crippen LogP contribution in [0, 0.1) is 0 Å². The molecule has 0 saturated carbocycles. The van der Waals surface area contributed by atoms with Gasteiger partial charge in [0.1, 0.15) is 11.4 Å². The van der Waals surface area contributed by atoms with Gasteiger partial charge in [0.25, 0.3) is 0 Å². The minimum absolute atomic E-state index is 0.405. The molecule has 2 rings (SSSR count). The lowest BCUT2D eigenvalue weighted by Gasteiger charge is -2.21. The Kier molecular flexibility index (Phi) is 5.13. The number of rotatable bonds is 4. The Labute approximate surface area is 131 Å². The highest BCUT2D eigenvalue weighted by Gasteiger charge is 2.18. The first kappa shape index (κ1) is 16.4. The van der Waals surface area contributed by atoms with Crippen LogP contribution in [0.5, 0.6) is 5.75 Å². The molecule has 0 bridgehead atoms. The van der Waals surface area contributed by atoms with Crippen molar-refractivity contribution in [2.75, 3.05) is 30.8 Å². The van der Waals surface area contributed by atoms with Gasteiger partial charge >= 0.3 is 6.09 Å². The number of methoxy groups -OCH3 is 1. The van der Waals surface area contributed by atoms with Gasteiger partial charge in [-0.15, -0.1) is 0 Å². The minimum atomic E-state index is -0.539. The van der Waals surface area contributed by atoms with Crippen LogP contribution in [0.3, 0.4) is 0 Å². The number of hydrogen-bond donors (Lipinski definition) is 3. The molecular weight excluding hydrogens is 282 g/mol. The molecule has 1 fully saturated rings. The summed E-state index contributed by atoms with van der Waals surface area (Å²) in [4.78, 5) is 11.9. The van der Waals surface area contributed by atoms with Crippen molar-refractivity contribution in [3.05, 3.63) is 18.2 Å². The Hall–Kier alpha value is -1.95. The number of benzene rings is 1. The summed E-state index contributed by atoms with van der Waals surface area (Å²) in [6, 6.07) is 6.04. The number of nitrogens with one attached hydrogen (secondary N) is 3. The topological polar surface area (TPSA) is 71.6 Å². The molecule has 1 aliphatic heterocycles. The molecule has 1 aromatic rings. The number of hydrogen-bond acceptors (Lipinski definition) is 5. The highest BCUT2D eigenvalue weighted by molar-refractivity contribution is 5.88. The number of carbonyl (C=O) groups excluding carboxylic acids is 1. The lowest BCUT2D eigenvalue weighted by Crippen LogP contribution is -2.27. The Morgan fingerprint density at radius 3 is 2.73 bits per heavy atom. The molecule has 0 radical (unpaired) electrons. The normalized spacial score (nSPS) is 17.9. The third-order valence-electron chi connectivity index (χ3n) is 3.27. The van der Waals surface area contributed by atoms with Gasteiger partial charge < -0.3 is 20.1 Å². The summed E-state index contributed by atoms with van der Waals surface area (Å²) in [7, 11) is 1.57. The van der Waals surface area contributed by atoms with Gasteiger partial charge in [-0.3, -0.25) is 5.32 Å². The molecule has 1 saturated heterocycles. The fourth-order valence-electron chi connectivity index (χ4n) is 2.32. The third kappa shape index (κ3) is 4.80. The standard InChI is InChI=1S/C16H25N3O3/c1-16(2,3)22-15(20)19-13-9-11(5-6-14(13)21-4)18-12-7-8-17-10-12/h5-6,9,12,17-18H,7-8,10H2,1-4H3,(H,19,20). The fourth-order valence-corrected chi connectivity index (χ4v) is 2.32. The van der Waals surface area contributed by atoms with Gasteiger partial charge in [0.2, 0.25) is 0 Å². The van der Waals surface area contributed by atoms with Crippen LogP contribution in [0.4, 0.5) is 16.2 Å². The second-order valence-electron chi connectivity index (χ2n) is 6.38. The zero-order valence-electron chi connectivity index (χ0n) is 13.7. The summed E-state index contributed by atoms with van der Waals surface area (Å²) in [5.74, 6) is 0.598. The van der Waals surface area contributed by atoms with E-state index in [4.69, 9.17) is 9.47 Å². The molecule has 0 spiro atoms. The maximum atomic E-state index is 11.9. The van der Waals surface area contributed by atoms with Crippen molar-refractivity contribution in [1.82, 2.24) is 5.32 Å². The predicted octanol–water partition coefficient (Wildman–Crippen LogP) is 2.82. The molecule has 0 aliphatic carbocycles. The average molecular weight is 307 g/mol. The summed E-state index contributed by atoms with van der Waals surface area (Å²) < 4.78 is 10.6. The van der Waals surface area contributed by atoms with E-state index in [1.807, 2.05) is 39.0 Å². The van der Waals surface area contributed by atoms with Crippen molar-refractivity contribution in [3.8, 4) is 5.75 Å². The largest absolute Gasteiger partial charge is 0.495 e. The van der Waals surface area contributed by atoms with Crippen molar-refractivity contribution in [3.63, 3.8) is 0 Å². The highest BCUT2D eigenvalue weighted by Crippen LogP contribution is 2.29. The zero-order valence-corrected chi connectivity index (χ0v) is 13.7. The summed E-state index contributed by atoms with van der Waals surface area (Å²) in [5.41, 5.74) is 0.996. The minimum Gasteiger partial charge on any atom is -0.495 e. The van der Waals surface area contributed by atoms with Crippen LogP contribution in [-0.2, 0) is 4.74 Å². The summed E-state index contributed by atoms with van der Waals surface area (Å²) in [6.45, 7) is 7.45. The van der Waals surface area contributed by atoms with E-state index in [-0.39, 0.29) is 0 Å². The third-order valence-corrected chi connectivity index (χ3v) is 3.27. The second-order valence-corrected chi connectivity index (χ2v) is 6.38. The predicted molar refractivity (Wildman–Crippen MR) is 87.7 cm³/mol. The van der Waals surface area contributed by atoms with E-state index in [2.05, 4.69) is 16.0 Å². The molecule has 0 aromatic heterocycles. The number of carbonyl (C=O) groups is 1. The van der Waals surface area contributed by atoms with Crippen molar-refractivity contribution in [1.29, 1.82) is 0 Å². The van der Waals surface area contributed by atoms with Crippen molar-refractivity contribution < 1.29 is 14.3 Å². The molecular formula is C16H25N3O3. The Bertz CT molecular complexity index is 520. The van der Waals surface area contributed by atoms with E-state index in [1.165, 1.54) is 0 Å². The molecule has 3 N–H and O–H groups in total. The van der Waals surface area contributed by atoms with Crippen LogP contribution in [0.15, 0.2) is 18.2 Å². The molecule has 6 heteroatoms. The van der Waals surface area contributed by atoms with Gasteiger partial charge in [-0.05, 0) is 51.9 Å². The van der Waals surface area contributed by atoms with E-state index < -0.39 is 11.7 Å². The van der Waals surface area contributed by atoms with Crippen molar-refractivity contribution in [2.24, 2.45) is 0 Å². The first-order chi connectivity index (χ1) is 10.4. The lowest BCUT2D eigenvalue weighted by atomic mass is 10.2. The van der Waals surface area contributed by atoms with E-state index in [0.717, 1.165) is 25.2 Å². The SMILES string of the molecule is COc1ccc(NC2CCNC2)cc1NC(=O)OC(C)(C)C. The Balaban J connectivity index is 2.08. The van der Waals surface area contributed by atoms with Gasteiger partial charge in [-0.1, -0.05) is 0 Å². The first-order valence-corrected chi connectivity index (χ1v) is 7.53. The van der Waals surface area contributed by atoms with Gasteiger partial charge in [-0.25, -0.2) is 4.79 Å².